The fourth-order valence-corrected chi connectivity index (χ4v) is 3.33. The van der Waals surface area contributed by atoms with E-state index in [0.29, 0.717) is 17.0 Å². The van der Waals surface area contributed by atoms with Crippen LogP contribution in [-0.2, 0) is 14.3 Å². The second-order valence-corrected chi connectivity index (χ2v) is 6.91. The highest BCUT2D eigenvalue weighted by Crippen LogP contribution is 2.38. The van der Waals surface area contributed by atoms with Crippen molar-refractivity contribution in [3.05, 3.63) is 64.7 Å². The number of ketones is 2. The average molecular weight is 363 g/mol. The van der Waals surface area contributed by atoms with Gasteiger partial charge in [-0.1, -0.05) is 43.3 Å². The Balaban J connectivity index is 1.55. The normalized spacial score (nSPS) is 19.7. The molecule has 1 N–H and O–H groups in total. The second kappa shape index (κ2) is 6.46. The highest BCUT2D eigenvalue weighted by atomic mass is 16.5. The van der Waals surface area contributed by atoms with E-state index in [9.17, 15) is 19.2 Å². The number of hydrogen-bond acceptors (Lipinski definition) is 5. The summed E-state index contributed by atoms with van der Waals surface area (Å²) in [6.45, 7) is 1.52. The minimum absolute atomic E-state index is 0.127. The van der Waals surface area contributed by atoms with Gasteiger partial charge in [0.05, 0.1) is 17.2 Å². The Morgan fingerprint density at radius 2 is 1.63 bits per heavy atom. The van der Waals surface area contributed by atoms with Crippen LogP contribution < -0.4 is 5.32 Å². The Kier molecular flexibility index (Phi) is 4.11. The van der Waals surface area contributed by atoms with Gasteiger partial charge < -0.3 is 10.1 Å². The van der Waals surface area contributed by atoms with Crippen LogP contribution in [0.15, 0.2) is 42.5 Å². The molecule has 2 aliphatic rings. The number of esters is 1. The first-order valence-corrected chi connectivity index (χ1v) is 8.75. The molecular formula is C21H17NO5. The summed E-state index contributed by atoms with van der Waals surface area (Å²) in [5, 5.41) is 2.59. The molecule has 136 valence electrons. The van der Waals surface area contributed by atoms with Gasteiger partial charge in [-0.15, -0.1) is 0 Å². The zero-order valence-corrected chi connectivity index (χ0v) is 14.7. The number of anilines is 1. The van der Waals surface area contributed by atoms with Crippen molar-refractivity contribution in [3.63, 3.8) is 0 Å². The molecule has 4 rings (SSSR count). The van der Waals surface area contributed by atoms with Crippen LogP contribution in [0.4, 0.5) is 5.69 Å². The molecule has 1 amide bonds. The minimum atomic E-state index is -0.552. The lowest BCUT2D eigenvalue weighted by molar-refractivity contribution is -0.148. The Morgan fingerprint density at radius 3 is 2.30 bits per heavy atom. The van der Waals surface area contributed by atoms with Gasteiger partial charge >= 0.3 is 5.97 Å². The van der Waals surface area contributed by atoms with Gasteiger partial charge in [0.25, 0.3) is 5.91 Å². The zero-order chi connectivity index (χ0) is 19.1. The quantitative estimate of drug-likeness (QED) is 0.720. The lowest BCUT2D eigenvalue weighted by Gasteiger charge is -2.20. The largest absolute Gasteiger partial charge is 0.455 e. The van der Waals surface area contributed by atoms with Gasteiger partial charge in [-0.05, 0) is 18.4 Å². The third kappa shape index (κ3) is 3.03. The monoisotopic (exact) mass is 363 g/mol. The van der Waals surface area contributed by atoms with Crippen molar-refractivity contribution >= 4 is 29.1 Å². The molecule has 0 unspecified atom stereocenters. The maximum absolute atomic E-state index is 12.9. The van der Waals surface area contributed by atoms with Crippen molar-refractivity contribution in [2.75, 3.05) is 11.9 Å². The molecule has 0 bridgehead atoms. The molecule has 2 atom stereocenters. The smallest absolute Gasteiger partial charge is 0.309 e. The highest BCUT2D eigenvalue weighted by molar-refractivity contribution is 6.30. The van der Waals surface area contributed by atoms with Crippen molar-refractivity contribution in [1.82, 2.24) is 0 Å². The second-order valence-electron chi connectivity index (χ2n) is 6.91. The molecule has 2 aliphatic carbocycles. The molecule has 0 aromatic heterocycles. The number of rotatable bonds is 4. The molecule has 1 saturated carbocycles. The van der Waals surface area contributed by atoms with Crippen LogP contribution in [-0.4, -0.2) is 30.0 Å². The Hall–Kier alpha value is -3.28. The number of carbonyl (C=O) groups excluding carboxylic acids is 4. The van der Waals surface area contributed by atoms with E-state index in [2.05, 4.69) is 5.32 Å². The number of ether oxygens (including phenoxy) is 1. The van der Waals surface area contributed by atoms with Gasteiger partial charge in [-0.2, -0.15) is 0 Å². The predicted octanol–water partition coefficient (Wildman–Crippen LogP) is 2.60. The number of fused-ring (bicyclic) bond motifs is 2. The summed E-state index contributed by atoms with van der Waals surface area (Å²) >= 11 is 0. The molecule has 2 aromatic rings. The molecule has 0 aliphatic heterocycles. The highest BCUT2D eigenvalue weighted by Gasteiger charge is 2.40. The number of hydrogen-bond donors (Lipinski definition) is 1. The summed E-state index contributed by atoms with van der Waals surface area (Å²) in [5.74, 6) is -1.34. The lowest BCUT2D eigenvalue weighted by Crippen LogP contribution is -2.26. The van der Waals surface area contributed by atoms with Crippen molar-refractivity contribution in [2.24, 2.45) is 11.8 Å². The van der Waals surface area contributed by atoms with E-state index in [0.717, 1.165) is 6.42 Å². The zero-order valence-electron chi connectivity index (χ0n) is 14.7. The van der Waals surface area contributed by atoms with Crippen LogP contribution in [0.2, 0.25) is 0 Å². The topological polar surface area (TPSA) is 89.5 Å². The van der Waals surface area contributed by atoms with E-state index >= 15 is 0 Å². The van der Waals surface area contributed by atoms with Gasteiger partial charge in [-0.25, -0.2) is 0 Å². The molecular weight excluding hydrogens is 346 g/mol. The first-order valence-electron chi connectivity index (χ1n) is 8.75. The van der Waals surface area contributed by atoms with E-state index in [1.54, 1.807) is 42.5 Å². The predicted molar refractivity (Wildman–Crippen MR) is 96.6 cm³/mol. The number of amides is 1. The van der Waals surface area contributed by atoms with Gasteiger partial charge in [0.1, 0.15) is 0 Å². The van der Waals surface area contributed by atoms with Gasteiger partial charge in [-0.3, -0.25) is 19.2 Å². The van der Waals surface area contributed by atoms with Crippen molar-refractivity contribution in [1.29, 1.82) is 0 Å². The molecule has 2 aromatic carbocycles. The third-order valence-corrected chi connectivity index (χ3v) is 4.98. The van der Waals surface area contributed by atoms with Crippen molar-refractivity contribution in [3.8, 4) is 0 Å². The summed E-state index contributed by atoms with van der Waals surface area (Å²) in [6, 6.07) is 11.3. The van der Waals surface area contributed by atoms with Crippen molar-refractivity contribution in [2.45, 2.75) is 13.3 Å². The maximum Gasteiger partial charge on any atom is 0.309 e. The van der Waals surface area contributed by atoms with Crippen LogP contribution >= 0.6 is 0 Å². The Morgan fingerprint density at radius 1 is 1.00 bits per heavy atom. The summed E-state index contributed by atoms with van der Waals surface area (Å²) in [7, 11) is 0. The van der Waals surface area contributed by atoms with E-state index < -0.39 is 12.5 Å². The summed E-state index contributed by atoms with van der Waals surface area (Å²) < 4.78 is 5.02. The van der Waals surface area contributed by atoms with Crippen LogP contribution in [0.25, 0.3) is 0 Å². The van der Waals surface area contributed by atoms with Crippen LogP contribution in [0.1, 0.15) is 45.2 Å². The number of carbonyl (C=O) groups is 4. The van der Waals surface area contributed by atoms with E-state index in [4.69, 9.17) is 4.74 Å². The standard InChI is InChI=1S/C21H17NO5/c1-11-9-15(11)21(26)27-10-17(23)22-16-8-4-7-14-18(16)20(25)13-6-3-2-5-12(13)19(14)24/h2-8,11,15H,9-10H2,1H3,(H,22,23)/t11-,15+/m0/s1. The summed E-state index contributed by atoms with van der Waals surface area (Å²) in [5.41, 5.74) is 1.31. The first-order chi connectivity index (χ1) is 13.0. The summed E-state index contributed by atoms with van der Waals surface area (Å²) in [6.07, 6.45) is 0.780. The molecule has 6 heteroatoms. The first kappa shape index (κ1) is 17.1. The van der Waals surface area contributed by atoms with E-state index in [1.807, 2.05) is 6.92 Å². The van der Waals surface area contributed by atoms with Crippen molar-refractivity contribution < 1.29 is 23.9 Å². The van der Waals surface area contributed by atoms with Gasteiger partial charge in [0.15, 0.2) is 18.2 Å². The molecule has 27 heavy (non-hydrogen) atoms. The lowest BCUT2D eigenvalue weighted by atomic mass is 9.83. The van der Waals surface area contributed by atoms with Gasteiger partial charge in [0.2, 0.25) is 0 Å². The molecule has 0 spiro atoms. The third-order valence-electron chi connectivity index (χ3n) is 4.98. The molecule has 0 heterocycles. The Labute approximate surface area is 155 Å². The molecule has 6 nitrogen and oxygen atoms in total. The Bertz CT molecular complexity index is 994. The van der Waals surface area contributed by atoms with Crippen LogP contribution in [0.5, 0.6) is 0 Å². The summed E-state index contributed by atoms with van der Waals surface area (Å²) in [4.78, 5) is 49.5. The number of benzene rings is 2. The maximum atomic E-state index is 12.9. The van der Waals surface area contributed by atoms with Gasteiger partial charge in [0, 0.05) is 16.7 Å². The van der Waals surface area contributed by atoms with E-state index in [1.165, 1.54) is 0 Å². The fourth-order valence-electron chi connectivity index (χ4n) is 3.33. The van der Waals surface area contributed by atoms with Crippen LogP contribution in [0.3, 0.4) is 0 Å². The minimum Gasteiger partial charge on any atom is -0.455 e. The molecule has 0 radical (unpaired) electrons. The number of nitrogens with one attached hydrogen (secondary N) is 1. The molecule has 0 saturated heterocycles. The van der Waals surface area contributed by atoms with E-state index in [-0.39, 0.29) is 40.3 Å². The fraction of sp³-hybridized carbons (Fsp3) is 0.238. The average Bonchev–Trinajstić information content (AvgIpc) is 3.41. The molecule has 1 fully saturated rings. The van der Waals surface area contributed by atoms with Crippen LogP contribution in [0, 0.1) is 11.8 Å². The SMILES string of the molecule is C[C@H]1C[C@H]1C(=O)OCC(=O)Nc1cccc2c1C(=O)c1ccccc1C2=O.